The molecule has 2 rings (SSSR count). The Morgan fingerprint density at radius 3 is 2.89 bits per heavy atom. The van der Waals surface area contributed by atoms with E-state index in [1.165, 1.54) is 30.8 Å². The summed E-state index contributed by atoms with van der Waals surface area (Å²) in [5.41, 5.74) is 0.179. The van der Waals surface area contributed by atoms with E-state index in [2.05, 4.69) is 17.1 Å². The minimum absolute atomic E-state index is 0.179. The maximum atomic E-state index is 6.09. The Hall–Kier alpha value is 0.190. The highest BCUT2D eigenvalue weighted by atomic mass is 32.2. The third-order valence-electron chi connectivity index (χ3n) is 4.01. The van der Waals surface area contributed by atoms with Crippen LogP contribution in [0, 0.1) is 0 Å². The van der Waals surface area contributed by atoms with Gasteiger partial charge in [-0.2, -0.15) is 11.8 Å². The first-order valence-electron chi connectivity index (χ1n) is 7.36. The summed E-state index contributed by atoms with van der Waals surface area (Å²) < 4.78 is 16.5. The maximum Gasteiger partial charge on any atom is 0.0713 e. The van der Waals surface area contributed by atoms with E-state index >= 15 is 0 Å². The molecule has 1 unspecified atom stereocenters. The molecule has 2 aliphatic rings. The predicted octanol–water partition coefficient (Wildman–Crippen LogP) is 1.68. The summed E-state index contributed by atoms with van der Waals surface area (Å²) in [5, 5.41) is 3.62. The van der Waals surface area contributed by atoms with E-state index < -0.39 is 0 Å². The van der Waals surface area contributed by atoms with Crippen LogP contribution in [0.3, 0.4) is 0 Å². The van der Waals surface area contributed by atoms with E-state index in [-0.39, 0.29) is 5.60 Å². The van der Waals surface area contributed by atoms with Crippen molar-refractivity contribution in [3.05, 3.63) is 0 Å². The van der Waals surface area contributed by atoms with Gasteiger partial charge in [0.25, 0.3) is 0 Å². The van der Waals surface area contributed by atoms with E-state index in [4.69, 9.17) is 14.2 Å². The summed E-state index contributed by atoms with van der Waals surface area (Å²) in [6.45, 7) is 3.97. The van der Waals surface area contributed by atoms with Crippen molar-refractivity contribution >= 4 is 11.8 Å². The van der Waals surface area contributed by atoms with Gasteiger partial charge in [0.1, 0.15) is 0 Å². The fraction of sp³-hybridized carbons (Fsp3) is 1.00. The number of hydrogen-bond donors (Lipinski definition) is 1. The largest absolute Gasteiger partial charge is 0.382 e. The van der Waals surface area contributed by atoms with Crippen molar-refractivity contribution in [2.24, 2.45) is 0 Å². The van der Waals surface area contributed by atoms with Crippen LogP contribution in [0.2, 0.25) is 0 Å². The van der Waals surface area contributed by atoms with Crippen LogP contribution in [0.15, 0.2) is 0 Å². The van der Waals surface area contributed by atoms with Crippen LogP contribution in [0.25, 0.3) is 0 Å². The van der Waals surface area contributed by atoms with Crippen LogP contribution in [0.1, 0.15) is 25.7 Å². The molecule has 0 saturated carbocycles. The van der Waals surface area contributed by atoms with Gasteiger partial charge in [-0.15, -0.1) is 0 Å². The van der Waals surface area contributed by atoms with E-state index in [0.717, 1.165) is 26.2 Å². The molecule has 0 aromatic rings. The average molecular weight is 289 g/mol. The number of rotatable bonds is 7. The topological polar surface area (TPSA) is 39.7 Å². The van der Waals surface area contributed by atoms with Crippen molar-refractivity contribution < 1.29 is 14.2 Å². The molecule has 2 aliphatic heterocycles. The van der Waals surface area contributed by atoms with Crippen LogP contribution >= 0.6 is 11.8 Å². The van der Waals surface area contributed by atoms with Crippen LogP contribution in [-0.4, -0.2) is 63.2 Å². The van der Waals surface area contributed by atoms with E-state index in [9.17, 15) is 0 Å². The van der Waals surface area contributed by atoms with E-state index in [0.29, 0.717) is 19.3 Å². The van der Waals surface area contributed by atoms with Gasteiger partial charge in [0, 0.05) is 26.3 Å². The molecule has 0 radical (unpaired) electrons. The van der Waals surface area contributed by atoms with E-state index in [1.54, 1.807) is 7.11 Å². The summed E-state index contributed by atoms with van der Waals surface area (Å²) in [5.74, 6) is 2.51. The Kier molecular flexibility index (Phi) is 6.94. The summed E-state index contributed by atoms with van der Waals surface area (Å²) in [7, 11) is 1.70. The highest BCUT2D eigenvalue weighted by Gasteiger charge is 2.38. The monoisotopic (exact) mass is 289 g/mol. The molecular formula is C14H27NO3S. The lowest BCUT2D eigenvalue weighted by Crippen LogP contribution is -2.49. The molecule has 2 saturated heterocycles. The summed E-state index contributed by atoms with van der Waals surface area (Å²) in [4.78, 5) is 0. The molecule has 4 nitrogen and oxygen atoms in total. The molecule has 0 bridgehead atoms. The third-order valence-corrected chi connectivity index (χ3v) is 4.99. The van der Waals surface area contributed by atoms with Gasteiger partial charge >= 0.3 is 0 Å². The molecule has 0 aliphatic carbocycles. The second-order valence-corrected chi connectivity index (χ2v) is 6.62. The molecule has 112 valence electrons. The second-order valence-electron chi connectivity index (χ2n) is 5.39. The van der Waals surface area contributed by atoms with Gasteiger partial charge in [0.2, 0.25) is 0 Å². The lowest BCUT2D eigenvalue weighted by molar-refractivity contribution is -0.0935. The summed E-state index contributed by atoms with van der Waals surface area (Å²) >= 11 is 2.06. The van der Waals surface area contributed by atoms with Crippen LogP contribution in [0.5, 0.6) is 0 Å². The number of ether oxygens (including phenoxy) is 3. The molecule has 0 aromatic heterocycles. The number of hydrogen-bond acceptors (Lipinski definition) is 5. The van der Waals surface area contributed by atoms with Gasteiger partial charge in [0.05, 0.1) is 25.4 Å². The van der Waals surface area contributed by atoms with Crippen LogP contribution < -0.4 is 5.32 Å². The molecule has 1 atom stereocenters. The molecule has 0 amide bonds. The lowest BCUT2D eigenvalue weighted by atomic mass is 9.85. The molecule has 2 fully saturated rings. The number of methoxy groups -OCH3 is 1. The summed E-state index contributed by atoms with van der Waals surface area (Å²) in [6.07, 6.45) is 4.75. The Bertz CT molecular complexity index is 241. The SMILES string of the molecule is COCCOCCNC1CCOC2(CCSCC2)C1. The first-order valence-corrected chi connectivity index (χ1v) is 8.52. The highest BCUT2D eigenvalue weighted by molar-refractivity contribution is 7.99. The van der Waals surface area contributed by atoms with Gasteiger partial charge in [0.15, 0.2) is 0 Å². The average Bonchev–Trinajstić information content (AvgIpc) is 2.44. The zero-order valence-corrected chi connectivity index (χ0v) is 12.8. The minimum Gasteiger partial charge on any atom is -0.382 e. The molecule has 5 heteroatoms. The van der Waals surface area contributed by atoms with Crippen molar-refractivity contribution in [3.8, 4) is 0 Å². The second kappa shape index (κ2) is 8.47. The van der Waals surface area contributed by atoms with Gasteiger partial charge in [-0.3, -0.25) is 0 Å². The minimum atomic E-state index is 0.179. The fourth-order valence-electron chi connectivity index (χ4n) is 2.87. The fourth-order valence-corrected chi connectivity index (χ4v) is 4.11. The third kappa shape index (κ3) is 5.23. The van der Waals surface area contributed by atoms with Crippen molar-refractivity contribution in [3.63, 3.8) is 0 Å². The van der Waals surface area contributed by atoms with E-state index in [1.807, 2.05) is 0 Å². The Balaban J connectivity index is 1.61. The van der Waals surface area contributed by atoms with Gasteiger partial charge in [-0.05, 0) is 37.2 Å². The lowest BCUT2D eigenvalue weighted by Gasteiger charge is -2.43. The Morgan fingerprint density at radius 2 is 2.11 bits per heavy atom. The zero-order chi connectivity index (χ0) is 13.4. The van der Waals surface area contributed by atoms with Crippen LogP contribution in [-0.2, 0) is 14.2 Å². The normalized spacial score (nSPS) is 26.7. The van der Waals surface area contributed by atoms with Crippen molar-refractivity contribution in [2.75, 3.05) is 51.6 Å². The zero-order valence-electron chi connectivity index (χ0n) is 12.0. The standard InChI is InChI=1S/C14H27NO3S/c1-16-8-9-17-7-5-15-13-2-6-18-14(12-13)3-10-19-11-4-14/h13,15H,2-12H2,1H3. The molecule has 0 aromatic carbocycles. The number of thioether (sulfide) groups is 1. The number of nitrogens with one attached hydrogen (secondary N) is 1. The first kappa shape index (κ1) is 15.6. The maximum absolute atomic E-state index is 6.09. The highest BCUT2D eigenvalue weighted by Crippen LogP contribution is 2.37. The summed E-state index contributed by atoms with van der Waals surface area (Å²) in [6, 6.07) is 0.600. The molecule has 1 spiro atoms. The van der Waals surface area contributed by atoms with Crippen molar-refractivity contribution in [2.45, 2.75) is 37.3 Å². The van der Waals surface area contributed by atoms with Gasteiger partial charge < -0.3 is 19.5 Å². The molecule has 1 N–H and O–H groups in total. The quantitative estimate of drug-likeness (QED) is 0.722. The van der Waals surface area contributed by atoms with Gasteiger partial charge in [-0.25, -0.2) is 0 Å². The Morgan fingerprint density at radius 1 is 1.26 bits per heavy atom. The molecule has 2 heterocycles. The molecule has 19 heavy (non-hydrogen) atoms. The van der Waals surface area contributed by atoms with Crippen molar-refractivity contribution in [1.82, 2.24) is 5.32 Å². The smallest absolute Gasteiger partial charge is 0.0713 e. The van der Waals surface area contributed by atoms with Crippen LogP contribution in [0.4, 0.5) is 0 Å². The molecular weight excluding hydrogens is 262 g/mol. The predicted molar refractivity (Wildman–Crippen MR) is 79.0 cm³/mol. The first-order chi connectivity index (χ1) is 9.35. The van der Waals surface area contributed by atoms with Crippen molar-refractivity contribution in [1.29, 1.82) is 0 Å². The van der Waals surface area contributed by atoms with Gasteiger partial charge in [-0.1, -0.05) is 0 Å². The Labute approximate surface area is 120 Å².